The molecule has 3 rings (SSSR count). The fraction of sp³-hybridized carbons (Fsp3) is 0.0909. The van der Waals surface area contributed by atoms with Crippen LogP contribution in [0.2, 0.25) is 0 Å². The van der Waals surface area contributed by atoms with Gasteiger partial charge >= 0.3 is 5.97 Å². The summed E-state index contributed by atoms with van der Waals surface area (Å²) in [4.78, 5) is 41.0. The van der Waals surface area contributed by atoms with Crippen molar-refractivity contribution in [3.63, 3.8) is 0 Å². The first-order valence-electron chi connectivity index (χ1n) is 8.85. The number of ether oxygens (including phenoxy) is 1. The van der Waals surface area contributed by atoms with Crippen molar-refractivity contribution in [3.05, 3.63) is 95.3 Å². The number of nitrogens with zero attached hydrogens (tertiary/aromatic N) is 1. The van der Waals surface area contributed by atoms with Crippen LogP contribution in [0.5, 0.6) is 0 Å². The second-order valence-electron chi connectivity index (χ2n) is 6.08. The summed E-state index contributed by atoms with van der Waals surface area (Å²) in [6, 6.07) is 18.3. The summed E-state index contributed by atoms with van der Waals surface area (Å²) in [5.41, 5.74) is 1.93. The van der Waals surface area contributed by atoms with Crippen LogP contribution in [0.25, 0.3) is 0 Å². The Morgan fingerprint density at radius 2 is 1.62 bits per heavy atom. The van der Waals surface area contributed by atoms with Gasteiger partial charge in [0.2, 0.25) is 0 Å². The fourth-order valence-corrected chi connectivity index (χ4v) is 2.65. The van der Waals surface area contributed by atoms with Crippen LogP contribution < -0.4 is 10.6 Å². The third-order valence-electron chi connectivity index (χ3n) is 4.12. The van der Waals surface area contributed by atoms with Crippen molar-refractivity contribution < 1.29 is 19.1 Å². The van der Waals surface area contributed by atoms with E-state index in [0.717, 1.165) is 5.69 Å². The van der Waals surface area contributed by atoms with Gasteiger partial charge in [0.1, 0.15) is 0 Å². The second kappa shape index (κ2) is 9.27. The number of aromatic nitrogens is 1. The predicted molar refractivity (Wildman–Crippen MR) is 108 cm³/mol. The molecule has 29 heavy (non-hydrogen) atoms. The first-order valence-corrected chi connectivity index (χ1v) is 8.85. The molecule has 1 aromatic heterocycles. The maximum Gasteiger partial charge on any atom is 0.339 e. The van der Waals surface area contributed by atoms with Crippen LogP contribution in [-0.2, 0) is 11.3 Å². The number of hydrogen-bond donors (Lipinski definition) is 2. The molecule has 7 heteroatoms. The molecule has 7 nitrogen and oxygen atoms in total. The van der Waals surface area contributed by atoms with Gasteiger partial charge in [-0.3, -0.25) is 14.6 Å². The van der Waals surface area contributed by atoms with Crippen molar-refractivity contribution in [1.82, 2.24) is 10.3 Å². The zero-order valence-corrected chi connectivity index (χ0v) is 15.7. The van der Waals surface area contributed by atoms with Crippen molar-refractivity contribution in [1.29, 1.82) is 0 Å². The second-order valence-corrected chi connectivity index (χ2v) is 6.08. The van der Waals surface area contributed by atoms with Crippen LogP contribution in [-0.4, -0.2) is 29.9 Å². The van der Waals surface area contributed by atoms with Gasteiger partial charge in [0.05, 0.1) is 30.6 Å². The van der Waals surface area contributed by atoms with Gasteiger partial charge in [0, 0.05) is 17.3 Å². The Kier molecular flexibility index (Phi) is 6.32. The van der Waals surface area contributed by atoms with E-state index in [1.165, 1.54) is 13.2 Å². The molecule has 0 unspecified atom stereocenters. The number of methoxy groups -OCH3 is 1. The minimum atomic E-state index is -0.552. The highest BCUT2D eigenvalue weighted by Gasteiger charge is 2.15. The smallest absolute Gasteiger partial charge is 0.339 e. The number of anilines is 1. The molecule has 0 bridgehead atoms. The minimum Gasteiger partial charge on any atom is -0.465 e. The quantitative estimate of drug-likeness (QED) is 0.632. The number of esters is 1. The van der Waals surface area contributed by atoms with E-state index in [1.807, 2.05) is 12.1 Å². The molecule has 0 aliphatic carbocycles. The molecule has 0 aliphatic rings. The summed E-state index contributed by atoms with van der Waals surface area (Å²) < 4.78 is 4.73. The largest absolute Gasteiger partial charge is 0.465 e. The number of nitrogens with one attached hydrogen (secondary N) is 2. The van der Waals surface area contributed by atoms with E-state index >= 15 is 0 Å². The molecule has 0 saturated carbocycles. The summed E-state index contributed by atoms with van der Waals surface area (Å²) in [6.45, 7) is 0.280. The summed E-state index contributed by atoms with van der Waals surface area (Å²) >= 11 is 0. The number of para-hydroxylation sites is 1. The summed E-state index contributed by atoms with van der Waals surface area (Å²) in [5, 5.41) is 5.45. The molecule has 2 N–H and O–H groups in total. The average Bonchev–Trinajstić information content (AvgIpc) is 2.78. The lowest BCUT2D eigenvalue weighted by molar-refractivity contribution is 0.0601. The Morgan fingerprint density at radius 1 is 0.897 bits per heavy atom. The molecule has 2 amide bonds. The van der Waals surface area contributed by atoms with Gasteiger partial charge < -0.3 is 15.4 Å². The molecule has 0 aliphatic heterocycles. The van der Waals surface area contributed by atoms with Crippen molar-refractivity contribution in [2.45, 2.75) is 6.54 Å². The summed E-state index contributed by atoms with van der Waals surface area (Å²) in [5.74, 6) is -1.32. The van der Waals surface area contributed by atoms with Gasteiger partial charge in [-0.1, -0.05) is 24.3 Å². The highest BCUT2D eigenvalue weighted by molar-refractivity contribution is 6.09. The third kappa shape index (κ3) is 5.04. The SMILES string of the molecule is COC(=O)c1ccccc1NC(=O)c1cccc(C(=O)NCc2ccccn2)c1. The maximum absolute atomic E-state index is 12.6. The monoisotopic (exact) mass is 389 g/mol. The van der Waals surface area contributed by atoms with Crippen LogP contribution >= 0.6 is 0 Å². The molecular formula is C22H19N3O4. The molecule has 3 aromatic rings. The van der Waals surface area contributed by atoms with E-state index < -0.39 is 11.9 Å². The van der Waals surface area contributed by atoms with Crippen LogP contribution in [0.3, 0.4) is 0 Å². The number of carbonyl (C=O) groups excluding carboxylic acids is 3. The van der Waals surface area contributed by atoms with E-state index in [-0.39, 0.29) is 23.6 Å². The number of hydrogen-bond acceptors (Lipinski definition) is 5. The van der Waals surface area contributed by atoms with Crippen LogP contribution in [0.4, 0.5) is 5.69 Å². The van der Waals surface area contributed by atoms with Crippen molar-refractivity contribution in [2.75, 3.05) is 12.4 Å². The predicted octanol–water partition coefficient (Wildman–Crippen LogP) is 3.05. The molecule has 146 valence electrons. The Labute approximate surface area is 167 Å². The van der Waals surface area contributed by atoms with Gasteiger partial charge in [-0.2, -0.15) is 0 Å². The standard InChI is InChI=1S/C22H19N3O4/c1-29-22(28)18-10-2-3-11-19(18)25-21(27)16-8-6-7-15(13-16)20(26)24-14-17-9-4-5-12-23-17/h2-13H,14H2,1H3,(H,24,26)(H,25,27). The van der Waals surface area contributed by atoms with Crippen molar-refractivity contribution >= 4 is 23.5 Å². The molecule has 2 aromatic carbocycles. The van der Waals surface area contributed by atoms with Gasteiger partial charge in [-0.15, -0.1) is 0 Å². The van der Waals surface area contributed by atoms with E-state index in [4.69, 9.17) is 4.74 Å². The van der Waals surface area contributed by atoms with Crippen molar-refractivity contribution in [2.24, 2.45) is 0 Å². The van der Waals surface area contributed by atoms with Crippen molar-refractivity contribution in [3.8, 4) is 0 Å². The zero-order chi connectivity index (χ0) is 20.6. The fourth-order valence-electron chi connectivity index (χ4n) is 2.65. The Hall–Kier alpha value is -4.00. The van der Waals surface area contributed by atoms with Crippen LogP contribution in [0, 0.1) is 0 Å². The van der Waals surface area contributed by atoms with Gasteiger partial charge in [-0.05, 0) is 42.5 Å². The number of carbonyl (C=O) groups is 3. The lowest BCUT2D eigenvalue weighted by atomic mass is 10.1. The highest BCUT2D eigenvalue weighted by Crippen LogP contribution is 2.17. The van der Waals surface area contributed by atoms with E-state index in [9.17, 15) is 14.4 Å². The minimum absolute atomic E-state index is 0.243. The first-order chi connectivity index (χ1) is 14.1. The molecule has 1 heterocycles. The molecule has 0 saturated heterocycles. The van der Waals surface area contributed by atoms with Gasteiger partial charge in [-0.25, -0.2) is 4.79 Å². The Morgan fingerprint density at radius 3 is 2.34 bits per heavy atom. The highest BCUT2D eigenvalue weighted by atomic mass is 16.5. The third-order valence-corrected chi connectivity index (χ3v) is 4.12. The van der Waals surface area contributed by atoms with E-state index in [1.54, 1.807) is 54.7 Å². The van der Waals surface area contributed by atoms with Gasteiger partial charge in [0.15, 0.2) is 0 Å². The Bertz CT molecular complexity index is 1030. The number of amides is 2. The molecule has 0 atom stereocenters. The maximum atomic E-state index is 12.6. The van der Waals surface area contributed by atoms with E-state index in [2.05, 4.69) is 15.6 Å². The number of benzene rings is 2. The summed E-state index contributed by atoms with van der Waals surface area (Å²) in [6.07, 6.45) is 1.65. The molecular weight excluding hydrogens is 370 g/mol. The molecule has 0 radical (unpaired) electrons. The van der Waals surface area contributed by atoms with E-state index in [0.29, 0.717) is 11.3 Å². The first kappa shape index (κ1) is 19.8. The topological polar surface area (TPSA) is 97.4 Å². The molecule has 0 spiro atoms. The normalized spacial score (nSPS) is 10.1. The average molecular weight is 389 g/mol. The van der Waals surface area contributed by atoms with Crippen LogP contribution in [0.1, 0.15) is 36.8 Å². The number of rotatable bonds is 6. The van der Waals surface area contributed by atoms with Gasteiger partial charge in [0.25, 0.3) is 11.8 Å². The lowest BCUT2D eigenvalue weighted by Gasteiger charge is -2.10. The zero-order valence-electron chi connectivity index (χ0n) is 15.7. The Balaban J connectivity index is 1.71. The summed E-state index contributed by atoms with van der Waals surface area (Å²) in [7, 11) is 1.27. The van der Waals surface area contributed by atoms with Crippen LogP contribution in [0.15, 0.2) is 72.9 Å². The lowest BCUT2D eigenvalue weighted by Crippen LogP contribution is -2.24. The molecule has 0 fully saturated rings. The number of pyridine rings is 1.